The third-order valence-electron chi connectivity index (χ3n) is 5.34. The Morgan fingerprint density at radius 1 is 1.45 bits per heavy atom. The number of primary amides is 1. The highest BCUT2D eigenvalue weighted by Crippen LogP contribution is 2.60. The molecule has 4 rings (SSSR count). The van der Waals surface area contributed by atoms with Gasteiger partial charge in [-0.3, -0.25) is 4.79 Å². The van der Waals surface area contributed by atoms with Gasteiger partial charge < -0.3 is 10.5 Å². The Morgan fingerprint density at radius 3 is 2.95 bits per heavy atom. The van der Waals surface area contributed by atoms with E-state index in [1.54, 1.807) is 0 Å². The Morgan fingerprint density at radius 2 is 2.25 bits per heavy atom. The maximum absolute atomic E-state index is 11.5. The van der Waals surface area contributed by atoms with Crippen LogP contribution in [-0.2, 0) is 11.2 Å². The molecule has 106 valence electrons. The molecule has 2 saturated carbocycles. The first-order valence-corrected chi connectivity index (χ1v) is 7.67. The maximum Gasteiger partial charge on any atom is 0.223 e. The molecular formula is C17H21NO2. The van der Waals surface area contributed by atoms with Crippen molar-refractivity contribution < 1.29 is 9.53 Å². The molecule has 1 aliphatic heterocycles. The lowest BCUT2D eigenvalue weighted by Crippen LogP contribution is -2.25. The van der Waals surface area contributed by atoms with Gasteiger partial charge in [-0.25, -0.2) is 0 Å². The smallest absolute Gasteiger partial charge is 0.223 e. The highest BCUT2D eigenvalue weighted by molar-refractivity contribution is 5.83. The van der Waals surface area contributed by atoms with E-state index in [0.29, 0.717) is 17.9 Å². The van der Waals surface area contributed by atoms with Crippen molar-refractivity contribution in [2.75, 3.05) is 0 Å². The van der Waals surface area contributed by atoms with E-state index in [1.165, 1.54) is 17.5 Å². The van der Waals surface area contributed by atoms with E-state index < -0.39 is 0 Å². The summed E-state index contributed by atoms with van der Waals surface area (Å²) >= 11 is 0. The monoisotopic (exact) mass is 271 g/mol. The molecule has 0 bridgehead atoms. The van der Waals surface area contributed by atoms with Crippen molar-refractivity contribution in [2.45, 2.75) is 51.0 Å². The summed E-state index contributed by atoms with van der Waals surface area (Å²) in [5, 5.41) is 0. The molecule has 2 N–H and O–H groups in total. The number of ether oxygens (including phenoxy) is 1. The number of rotatable bonds is 4. The van der Waals surface area contributed by atoms with Gasteiger partial charge in [0.2, 0.25) is 5.91 Å². The molecule has 1 heterocycles. The van der Waals surface area contributed by atoms with Crippen molar-refractivity contribution in [1.82, 2.24) is 0 Å². The van der Waals surface area contributed by atoms with Gasteiger partial charge in [-0.1, -0.05) is 12.1 Å². The standard InChI is InChI=1S/C17H21NO2/c1-10-7-14-12(3-2-4-15(14)20-10)13-8-11(13)9-17(5-6-17)16(18)19/h2-4,10-11,13H,5-9H2,1H3,(H2,18,19). The number of carbonyl (C=O) groups excluding carboxylic acids is 1. The van der Waals surface area contributed by atoms with Crippen LogP contribution in [0.2, 0.25) is 0 Å². The fourth-order valence-electron chi connectivity index (χ4n) is 3.86. The molecule has 3 atom stereocenters. The Hall–Kier alpha value is -1.51. The molecule has 3 nitrogen and oxygen atoms in total. The average Bonchev–Trinajstić information content (AvgIpc) is 3.30. The van der Waals surface area contributed by atoms with Gasteiger partial charge >= 0.3 is 0 Å². The number of carbonyl (C=O) groups is 1. The molecular weight excluding hydrogens is 250 g/mol. The third kappa shape index (κ3) is 1.83. The van der Waals surface area contributed by atoms with Gasteiger partial charge in [0.15, 0.2) is 0 Å². The van der Waals surface area contributed by atoms with Crippen molar-refractivity contribution in [3.63, 3.8) is 0 Å². The van der Waals surface area contributed by atoms with Gasteiger partial charge in [0.25, 0.3) is 0 Å². The van der Waals surface area contributed by atoms with Gasteiger partial charge in [0.1, 0.15) is 11.9 Å². The minimum atomic E-state index is -0.152. The predicted molar refractivity (Wildman–Crippen MR) is 76.6 cm³/mol. The van der Waals surface area contributed by atoms with E-state index in [-0.39, 0.29) is 11.3 Å². The summed E-state index contributed by atoms with van der Waals surface area (Å²) in [5.41, 5.74) is 8.25. The molecule has 3 unspecified atom stereocenters. The van der Waals surface area contributed by atoms with Crippen molar-refractivity contribution >= 4 is 5.91 Å². The first-order valence-electron chi connectivity index (χ1n) is 7.67. The molecule has 3 aliphatic rings. The van der Waals surface area contributed by atoms with Gasteiger partial charge in [-0.15, -0.1) is 0 Å². The number of amides is 1. The van der Waals surface area contributed by atoms with Crippen LogP contribution in [0.4, 0.5) is 0 Å². The highest BCUT2D eigenvalue weighted by atomic mass is 16.5. The molecule has 0 radical (unpaired) electrons. The minimum absolute atomic E-state index is 0.0848. The lowest BCUT2D eigenvalue weighted by molar-refractivity contribution is -0.123. The van der Waals surface area contributed by atoms with Crippen LogP contribution >= 0.6 is 0 Å². The second-order valence-electron chi connectivity index (χ2n) is 6.91. The molecule has 1 amide bonds. The Balaban J connectivity index is 1.52. The molecule has 20 heavy (non-hydrogen) atoms. The Bertz CT molecular complexity index is 576. The number of nitrogens with two attached hydrogens (primary N) is 1. The van der Waals surface area contributed by atoms with Crippen LogP contribution in [0.3, 0.4) is 0 Å². The molecule has 0 saturated heterocycles. The van der Waals surface area contributed by atoms with Crippen molar-refractivity contribution in [3.8, 4) is 5.75 Å². The van der Waals surface area contributed by atoms with Crippen LogP contribution in [0.5, 0.6) is 5.75 Å². The van der Waals surface area contributed by atoms with E-state index in [2.05, 4.69) is 25.1 Å². The highest BCUT2D eigenvalue weighted by Gasteiger charge is 2.54. The molecule has 0 aromatic heterocycles. The lowest BCUT2D eigenvalue weighted by atomic mass is 9.93. The number of hydrogen-bond donors (Lipinski definition) is 1. The van der Waals surface area contributed by atoms with Crippen LogP contribution in [0.15, 0.2) is 18.2 Å². The quantitative estimate of drug-likeness (QED) is 0.915. The zero-order valence-corrected chi connectivity index (χ0v) is 11.9. The number of hydrogen-bond acceptors (Lipinski definition) is 2. The largest absolute Gasteiger partial charge is 0.490 e. The van der Waals surface area contributed by atoms with Crippen LogP contribution in [0, 0.1) is 11.3 Å². The second kappa shape index (κ2) is 4.00. The molecule has 1 aromatic carbocycles. The molecule has 3 heteroatoms. The topological polar surface area (TPSA) is 52.3 Å². The fourth-order valence-corrected chi connectivity index (χ4v) is 3.86. The summed E-state index contributed by atoms with van der Waals surface area (Å²) in [6, 6.07) is 6.42. The first-order chi connectivity index (χ1) is 9.59. The van der Waals surface area contributed by atoms with Crippen LogP contribution in [0.25, 0.3) is 0 Å². The van der Waals surface area contributed by atoms with E-state index in [0.717, 1.165) is 31.4 Å². The summed E-state index contributed by atoms with van der Waals surface area (Å²) < 4.78 is 5.84. The van der Waals surface area contributed by atoms with E-state index in [4.69, 9.17) is 10.5 Å². The summed E-state index contributed by atoms with van der Waals surface area (Å²) in [6.07, 6.45) is 5.52. The maximum atomic E-state index is 11.5. The first kappa shape index (κ1) is 12.2. The van der Waals surface area contributed by atoms with Crippen molar-refractivity contribution in [2.24, 2.45) is 17.1 Å². The van der Waals surface area contributed by atoms with E-state index in [9.17, 15) is 4.79 Å². The van der Waals surface area contributed by atoms with Crippen LogP contribution in [0.1, 0.15) is 49.7 Å². The molecule has 0 spiro atoms. The zero-order chi connectivity index (χ0) is 13.9. The zero-order valence-electron chi connectivity index (χ0n) is 11.9. The van der Waals surface area contributed by atoms with Gasteiger partial charge in [0, 0.05) is 17.4 Å². The lowest BCUT2D eigenvalue weighted by Gasteiger charge is -2.11. The summed E-state index contributed by atoms with van der Waals surface area (Å²) in [7, 11) is 0. The van der Waals surface area contributed by atoms with Crippen molar-refractivity contribution in [1.29, 1.82) is 0 Å². The van der Waals surface area contributed by atoms with Crippen LogP contribution in [-0.4, -0.2) is 12.0 Å². The molecule has 1 aromatic rings. The Kier molecular flexibility index (Phi) is 2.45. The average molecular weight is 271 g/mol. The van der Waals surface area contributed by atoms with Gasteiger partial charge in [-0.05, 0) is 56.1 Å². The number of fused-ring (bicyclic) bond motifs is 1. The summed E-state index contributed by atoms with van der Waals surface area (Å²) in [4.78, 5) is 11.5. The van der Waals surface area contributed by atoms with E-state index in [1.807, 2.05) is 0 Å². The van der Waals surface area contributed by atoms with Gasteiger partial charge in [0.05, 0.1) is 0 Å². The van der Waals surface area contributed by atoms with E-state index >= 15 is 0 Å². The van der Waals surface area contributed by atoms with Crippen molar-refractivity contribution in [3.05, 3.63) is 29.3 Å². The normalized spacial score (nSPS) is 32.4. The Labute approximate surface area is 119 Å². The van der Waals surface area contributed by atoms with Gasteiger partial charge in [-0.2, -0.15) is 0 Å². The molecule has 2 fully saturated rings. The molecule has 2 aliphatic carbocycles. The predicted octanol–water partition coefficient (Wildman–Crippen LogP) is 2.77. The summed E-state index contributed by atoms with van der Waals surface area (Å²) in [6.45, 7) is 2.13. The second-order valence-corrected chi connectivity index (χ2v) is 6.91. The SMILES string of the molecule is CC1Cc2c(cccc2C2CC2CC2(C(N)=O)CC2)O1. The number of benzene rings is 1. The van der Waals surface area contributed by atoms with Crippen LogP contribution < -0.4 is 10.5 Å². The third-order valence-corrected chi connectivity index (χ3v) is 5.34. The fraction of sp³-hybridized carbons (Fsp3) is 0.588. The minimum Gasteiger partial charge on any atom is -0.490 e. The summed E-state index contributed by atoms with van der Waals surface area (Å²) in [5.74, 6) is 2.25.